The Bertz CT molecular complexity index is 1350. The fourth-order valence-corrected chi connectivity index (χ4v) is 7.07. The maximum Gasteiger partial charge on any atom is 0.162 e. The highest BCUT2D eigenvalue weighted by Gasteiger charge is 2.50. The molecule has 0 spiro atoms. The minimum atomic E-state index is -0.213. The van der Waals surface area contributed by atoms with Gasteiger partial charge in [-0.05, 0) is 37.8 Å². The highest BCUT2D eigenvalue weighted by Crippen LogP contribution is 2.55. The van der Waals surface area contributed by atoms with Crippen molar-refractivity contribution in [1.29, 1.82) is 0 Å². The number of nitrogens with zero attached hydrogens (tertiary/aromatic N) is 4. The Labute approximate surface area is 215 Å². The minimum absolute atomic E-state index is 0.174. The Morgan fingerprint density at radius 1 is 1.11 bits per heavy atom. The second-order valence-electron chi connectivity index (χ2n) is 9.92. The monoisotopic (exact) mass is 506 g/mol. The standard InChI is InChI=1S/C25H28N6O2S.C2H6/c26-14-24-4-6-25(7-5-24,33-15-24)20-12-19-21(34-20)23(31-8-10-32-11-9-31)29-22(28-19)16-2-1-3-18-17(16)13-27-30-18;1-2/h1-3,12-13H,4-11,14-15,26H2,(H,27,30);1-2H3. The molecule has 4 fully saturated rings. The Morgan fingerprint density at radius 2 is 1.92 bits per heavy atom. The summed E-state index contributed by atoms with van der Waals surface area (Å²) in [5.41, 5.74) is 9.04. The first-order valence-corrected chi connectivity index (χ1v) is 13.9. The van der Waals surface area contributed by atoms with E-state index < -0.39 is 0 Å². The van der Waals surface area contributed by atoms with Crippen LogP contribution in [-0.2, 0) is 15.1 Å². The van der Waals surface area contributed by atoms with Gasteiger partial charge in [0.05, 0.1) is 41.8 Å². The lowest BCUT2D eigenvalue weighted by Gasteiger charge is -2.52. The van der Waals surface area contributed by atoms with Crippen LogP contribution in [0.4, 0.5) is 5.82 Å². The highest BCUT2D eigenvalue weighted by molar-refractivity contribution is 7.19. The molecule has 0 radical (unpaired) electrons. The molecule has 3 aromatic heterocycles. The van der Waals surface area contributed by atoms with Crippen molar-refractivity contribution in [3.8, 4) is 11.4 Å². The van der Waals surface area contributed by atoms with E-state index in [-0.39, 0.29) is 11.0 Å². The van der Waals surface area contributed by atoms with Gasteiger partial charge < -0.3 is 20.1 Å². The van der Waals surface area contributed by atoms with Crippen molar-refractivity contribution in [2.24, 2.45) is 11.1 Å². The molecule has 2 bridgehead atoms. The van der Waals surface area contributed by atoms with Crippen LogP contribution in [0.3, 0.4) is 0 Å². The molecule has 1 saturated carbocycles. The van der Waals surface area contributed by atoms with Crippen LogP contribution >= 0.6 is 11.3 Å². The third-order valence-corrected chi connectivity index (χ3v) is 9.35. The van der Waals surface area contributed by atoms with Crippen molar-refractivity contribution < 1.29 is 9.47 Å². The predicted octanol–water partition coefficient (Wildman–Crippen LogP) is 4.84. The molecular weight excluding hydrogens is 472 g/mol. The maximum absolute atomic E-state index is 6.56. The number of hydrogen-bond acceptors (Lipinski definition) is 8. The Hall–Kier alpha value is -2.59. The van der Waals surface area contributed by atoms with Crippen molar-refractivity contribution in [2.75, 3.05) is 44.4 Å². The van der Waals surface area contributed by atoms with E-state index >= 15 is 0 Å². The summed E-state index contributed by atoms with van der Waals surface area (Å²) >= 11 is 1.81. The topological polar surface area (TPSA) is 102 Å². The second-order valence-corrected chi connectivity index (χ2v) is 11.0. The molecule has 8 rings (SSSR count). The van der Waals surface area contributed by atoms with Gasteiger partial charge in [0.2, 0.25) is 0 Å². The number of hydrogen-bond donors (Lipinski definition) is 2. The van der Waals surface area contributed by atoms with Gasteiger partial charge in [-0.25, -0.2) is 9.97 Å². The summed E-state index contributed by atoms with van der Waals surface area (Å²) in [5, 5.41) is 8.33. The third kappa shape index (κ3) is 3.80. The van der Waals surface area contributed by atoms with Gasteiger partial charge in [-0.2, -0.15) is 5.10 Å². The summed E-state index contributed by atoms with van der Waals surface area (Å²) < 4.78 is 13.3. The summed E-state index contributed by atoms with van der Waals surface area (Å²) in [6.07, 6.45) is 6.17. The number of morpholine rings is 1. The van der Waals surface area contributed by atoms with Crippen LogP contribution < -0.4 is 10.6 Å². The zero-order chi connectivity index (χ0) is 24.8. The smallest absolute Gasteiger partial charge is 0.162 e. The molecular formula is C27H34N6O2S. The van der Waals surface area contributed by atoms with E-state index in [1.165, 1.54) is 4.88 Å². The van der Waals surface area contributed by atoms with Crippen LogP contribution in [0.5, 0.6) is 0 Å². The first-order valence-electron chi connectivity index (χ1n) is 13.1. The molecule has 3 aliphatic heterocycles. The number of nitrogens with two attached hydrogens (primary N) is 1. The molecule has 1 aromatic carbocycles. The van der Waals surface area contributed by atoms with E-state index in [4.69, 9.17) is 25.2 Å². The fraction of sp³-hybridized carbons (Fsp3) is 0.519. The summed E-state index contributed by atoms with van der Waals surface area (Å²) in [7, 11) is 0. The zero-order valence-corrected chi connectivity index (χ0v) is 21.9. The molecule has 0 amide bonds. The van der Waals surface area contributed by atoms with Gasteiger partial charge in [0, 0.05) is 40.9 Å². The van der Waals surface area contributed by atoms with Gasteiger partial charge in [-0.15, -0.1) is 11.3 Å². The van der Waals surface area contributed by atoms with E-state index in [9.17, 15) is 0 Å². The largest absolute Gasteiger partial charge is 0.378 e. The number of fused-ring (bicyclic) bond motifs is 5. The van der Waals surface area contributed by atoms with Crippen LogP contribution in [-0.4, -0.2) is 59.6 Å². The van der Waals surface area contributed by atoms with E-state index in [0.717, 1.165) is 83.7 Å². The van der Waals surface area contributed by atoms with Crippen molar-refractivity contribution >= 4 is 38.3 Å². The van der Waals surface area contributed by atoms with Crippen LogP contribution in [0.25, 0.3) is 32.5 Å². The number of benzene rings is 1. The fourth-order valence-electron chi connectivity index (χ4n) is 5.76. The number of ether oxygens (including phenoxy) is 2. The molecule has 0 unspecified atom stereocenters. The van der Waals surface area contributed by atoms with Gasteiger partial charge >= 0.3 is 0 Å². The molecule has 4 aliphatic rings. The van der Waals surface area contributed by atoms with Crippen molar-refractivity contribution in [2.45, 2.75) is 45.1 Å². The van der Waals surface area contributed by atoms with E-state index in [2.05, 4.69) is 27.2 Å². The molecule has 3 N–H and O–H groups in total. The average molecular weight is 507 g/mol. The van der Waals surface area contributed by atoms with Gasteiger partial charge in [-0.1, -0.05) is 26.0 Å². The van der Waals surface area contributed by atoms with Crippen LogP contribution in [0.15, 0.2) is 30.5 Å². The van der Waals surface area contributed by atoms with Crippen molar-refractivity contribution in [1.82, 2.24) is 20.2 Å². The molecule has 9 heteroatoms. The number of thiophene rings is 1. The first-order chi connectivity index (χ1) is 17.7. The van der Waals surface area contributed by atoms with Crippen molar-refractivity contribution in [3.05, 3.63) is 35.3 Å². The lowest BCUT2D eigenvalue weighted by atomic mass is 9.65. The van der Waals surface area contributed by atoms with Crippen LogP contribution in [0.2, 0.25) is 0 Å². The summed E-state index contributed by atoms with van der Waals surface area (Å²) in [5.74, 6) is 1.73. The average Bonchev–Trinajstić information content (AvgIpc) is 3.63. The molecule has 0 atom stereocenters. The molecule has 4 aromatic rings. The summed E-state index contributed by atoms with van der Waals surface area (Å²) in [6, 6.07) is 8.38. The Balaban J connectivity index is 0.00000117. The normalized spacial score (nSPS) is 25.8. The van der Waals surface area contributed by atoms with E-state index in [1.807, 2.05) is 32.2 Å². The predicted molar refractivity (Wildman–Crippen MR) is 144 cm³/mol. The molecule has 1 aliphatic carbocycles. The van der Waals surface area contributed by atoms with Gasteiger partial charge in [0.1, 0.15) is 5.60 Å². The Kier molecular flexibility index (Phi) is 6.19. The number of aromatic nitrogens is 4. The summed E-state index contributed by atoms with van der Waals surface area (Å²) in [6.45, 7) is 8.55. The molecule has 36 heavy (non-hydrogen) atoms. The lowest BCUT2D eigenvalue weighted by molar-refractivity contribution is -0.184. The second kappa shape index (κ2) is 9.37. The number of aromatic amines is 1. The summed E-state index contributed by atoms with van der Waals surface area (Å²) in [4.78, 5) is 13.8. The van der Waals surface area contributed by atoms with Gasteiger partial charge in [-0.3, -0.25) is 5.10 Å². The number of rotatable bonds is 4. The highest BCUT2D eigenvalue weighted by atomic mass is 32.1. The minimum Gasteiger partial charge on any atom is -0.378 e. The maximum atomic E-state index is 6.56. The van der Waals surface area contributed by atoms with Gasteiger partial charge in [0.25, 0.3) is 0 Å². The Morgan fingerprint density at radius 3 is 2.64 bits per heavy atom. The van der Waals surface area contributed by atoms with Crippen molar-refractivity contribution in [3.63, 3.8) is 0 Å². The van der Waals surface area contributed by atoms with E-state index in [1.54, 1.807) is 11.3 Å². The first kappa shape index (κ1) is 23.8. The number of nitrogens with one attached hydrogen (secondary N) is 1. The molecule has 190 valence electrons. The number of anilines is 1. The van der Waals surface area contributed by atoms with Gasteiger partial charge in [0.15, 0.2) is 11.6 Å². The SMILES string of the molecule is CC.NCC12CCC(c3cc4nc(-c5cccc6[nH]ncc56)nc(N5CCOCC5)c4s3)(CC1)OC2. The van der Waals surface area contributed by atoms with Crippen LogP contribution in [0, 0.1) is 5.41 Å². The molecule has 6 heterocycles. The zero-order valence-electron chi connectivity index (χ0n) is 21.0. The van der Waals surface area contributed by atoms with Crippen LogP contribution in [0.1, 0.15) is 44.4 Å². The quantitative estimate of drug-likeness (QED) is 0.408. The molecule has 8 nitrogen and oxygen atoms in total. The third-order valence-electron chi connectivity index (χ3n) is 8.05. The molecule has 3 saturated heterocycles. The lowest BCUT2D eigenvalue weighted by Crippen LogP contribution is -2.51. The number of H-pyrrole nitrogens is 1. The van der Waals surface area contributed by atoms with E-state index in [0.29, 0.717) is 19.8 Å².